The van der Waals surface area contributed by atoms with Crippen LogP contribution in [-0.2, 0) is 6.61 Å². The van der Waals surface area contributed by atoms with Gasteiger partial charge in [-0.1, -0.05) is 12.1 Å². The Balaban J connectivity index is 2.02. The predicted molar refractivity (Wildman–Crippen MR) is 78.3 cm³/mol. The van der Waals surface area contributed by atoms with Gasteiger partial charge in [0.15, 0.2) is 0 Å². The topological polar surface area (TPSA) is 56.3 Å². The molecule has 0 saturated heterocycles. The lowest BCUT2D eigenvalue weighted by Gasteiger charge is -2.09. The fourth-order valence-corrected chi connectivity index (χ4v) is 1.76. The molecule has 0 spiro atoms. The van der Waals surface area contributed by atoms with Gasteiger partial charge in [-0.05, 0) is 31.5 Å². The Labute approximate surface area is 119 Å². The number of nitrogens with zero attached hydrogens (tertiary/aromatic N) is 2. The highest BCUT2D eigenvalue weighted by atomic mass is 16.5. The maximum Gasteiger partial charge on any atom is 0.219 e. The highest BCUT2D eigenvalue weighted by Gasteiger charge is 2.03. The van der Waals surface area contributed by atoms with E-state index in [1.54, 1.807) is 13.2 Å². The minimum atomic E-state index is 0.464. The van der Waals surface area contributed by atoms with Crippen LogP contribution < -0.4 is 14.8 Å². The van der Waals surface area contributed by atoms with Crippen LogP contribution in [0.2, 0.25) is 0 Å². The Hall–Kier alpha value is -2.30. The molecule has 1 N–H and O–H groups in total. The lowest BCUT2D eigenvalue weighted by molar-refractivity contribution is 0.292. The van der Waals surface area contributed by atoms with Gasteiger partial charge in [0, 0.05) is 12.6 Å². The minimum Gasteiger partial charge on any atom is -0.497 e. The van der Waals surface area contributed by atoms with Crippen LogP contribution in [0.3, 0.4) is 0 Å². The van der Waals surface area contributed by atoms with E-state index >= 15 is 0 Å². The maximum atomic E-state index is 5.70. The van der Waals surface area contributed by atoms with Crippen LogP contribution in [-0.4, -0.2) is 23.6 Å². The molecule has 5 heteroatoms. The van der Waals surface area contributed by atoms with Crippen LogP contribution in [0.25, 0.3) is 0 Å². The van der Waals surface area contributed by atoms with Gasteiger partial charge in [0.2, 0.25) is 5.88 Å². The minimum absolute atomic E-state index is 0.464. The number of rotatable bonds is 6. The van der Waals surface area contributed by atoms with Crippen molar-refractivity contribution >= 4 is 5.82 Å². The highest BCUT2D eigenvalue weighted by Crippen LogP contribution is 2.16. The molecule has 0 unspecified atom stereocenters. The summed E-state index contributed by atoms with van der Waals surface area (Å²) in [6.45, 7) is 5.15. The third kappa shape index (κ3) is 3.85. The van der Waals surface area contributed by atoms with E-state index in [2.05, 4.69) is 15.3 Å². The molecule has 0 fully saturated rings. The fourth-order valence-electron chi connectivity index (χ4n) is 1.76. The quantitative estimate of drug-likeness (QED) is 0.877. The van der Waals surface area contributed by atoms with Gasteiger partial charge in [-0.2, -0.15) is 4.98 Å². The maximum absolute atomic E-state index is 5.70. The zero-order chi connectivity index (χ0) is 14.4. The van der Waals surface area contributed by atoms with Crippen molar-refractivity contribution < 1.29 is 9.47 Å². The van der Waals surface area contributed by atoms with E-state index in [4.69, 9.17) is 9.47 Å². The van der Waals surface area contributed by atoms with E-state index in [1.165, 1.54) is 0 Å². The molecule has 0 aliphatic carbocycles. The molecule has 0 aliphatic rings. The zero-order valence-electron chi connectivity index (χ0n) is 12.0. The van der Waals surface area contributed by atoms with Crippen LogP contribution in [0, 0.1) is 6.92 Å². The third-order valence-electron chi connectivity index (χ3n) is 2.72. The largest absolute Gasteiger partial charge is 0.497 e. The Bertz CT molecular complexity index is 556. The van der Waals surface area contributed by atoms with Gasteiger partial charge in [0.05, 0.1) is 7.11 Å². The molecule has 0 amide bonds. The average molecular weight is 273 g/mol. The first kappa shape index (κ1) is 14.1. The van der Waals surface area contributed by atoms with Crippen LogP contribution in [0.5, 0.6) is 11.6 Å². The molecule has 1 aromatic heterocycles. The second-order valence-electron chi connectivity index (χ2n) is 4.31. The van der Waals surface area contributed by atoms with Crippen molar-refractivity contribution in [1.82, 2.24) is 9.97 Å². The lowest BCUT2D eigenvalue weighted by atomic mass is 10.2. The summed E-state index contributed by atoms with van der Waals surface area (Å²) in [7, 11) is 1.65. The summed E-state index contributed by atoms with van der Waals surface area (Å²) in [5, 5.41) is 3.15. The molecule has 20 heavy (non-hydrogen) atoms. The van der Waals surface area contributed by atoms with Gasteiger partial charge in [-0.25, -0.2) is 4.98 Å². The SMILES string of the molecule is CCNc1cc(OCc2ccc(OC)cc2)nc(C)n1. The van der Waals surface area contributed by atoms with Gasteiger partial charge in [-0.15, -0.1) is 0 Å². The monoisotopic (exact) mass is 273 g/mol. The predicted octanol–water partition coefficient (Wildman–Crippen LogP) is 2.80. The Kier molecular flexibility index (Phi) is 4.76. The standard InChI is InChI=1S/C15H19N3O2/c1-4-16-14-9-15(18-11(2)17-14)20-10-12-5-7-13(19-3)8-6-12/h5-9H,4,10H2,1-3H3,(H,16,17,18). The van der Waals surface area contributed by atoms with Crippen LogP contribution >= 0.6 is 0 Å². The second kappa shape index (κ2) is 6.75. The third-order valence-corrected chi connectivity index (χ3v) is 2.72. The first-order chi connectivity index (χ1) is 9.71. The van der Waals surface area contributed by atoms with Gasteiger partial charge >= 0.3 is 0 Å². The van der Waals surface area contributed by atoms with E-state index < -0.39 is 0 Å². The molecule has 2 rings (SSSR count). The zero-order valence-corrected chi connectivity index (χ0v) is 12.0. The van der Waals surface area contributed by atoms with E-state index in [-0.39, 0.29) is 0 Å². The van der Waals surface area contributed by atoms with Gasteiger partial charge in [0.1, 0.15) is 24.0 Å². The Morgan fingerprint density at radius 2 is 1.90 bits per heavy atom. The number of benzene rings is 1. The van der Waals surface area contributed by atoms with E-state index in [0.29, 0.717) is 18.3 Å². The Morgan fingerprint density at radius 3 is 2.55 bits per heavy atom. The van der Waals surface area contributed by atoms with Gasteiger partial charge in [0.25, 0.3) is 0 Å². The van der Waals surface area contributed by atoms with Crippen molar-refractivity contribution in [3.63, 3.8) is 0 Å². The van der Waals surface area contributed by atoms with Crippen molar-refractivity contribution in [3.05, 3.63) is 41.7 Å². The van der Waals surface area contributed by atoms with Crippen molar-refractivity contribution in [3.8, 4) is 11.6 Å². The number of anilines is 1. The molecule has 106 valence electrons. The average Bonchev–Trinajstić information content (AvgIpc) is 2.45. The molecular formula is C15H19N3O2. The number of aromatic nitrogens is 2. The molecule has 1 heterocycles. The summed E-state index contributed by atoms with van der Waals surface area (Å²) in [6, 6.07) is 9.57. The number of aryl methyl sites for hydroxylation is 1. The number of methoxy groups -OCH3 is 1. The van der Waals surface area contributed by atoms with E-state index in [0.717, 1.165) is 23.7 Å². The summed E-state index contributed by atoms with van der Waals surface area (Å²) in [4.78, 5) is 8.55. The molecule has 0 atom stereocenters. The smallest absolute Gasteiger partial charge is 0.219 e. The highest BCUT2D eigenvalue weighted by molar-refractivity contribution is 5.38. The van der Waals surface area contributed by atoms with E-state index in [9.17, 15) is 0 Å². The molecule has 0 bridgehead atoms. The summed E-state index contributed by atoms with van der Waals surface area (Å²) in [5.41, 5.74) is 1.06. The summed E-state index contributed by atoms with van der Waals surface area (Å²) >= 11 is 0. The number of nitrogens with one attached hydrogen (secondary N) is 1. The molecular weight excluding hydrogens is 254 g/mol. The molecule has 5 nitrogen and oxygen atoms in total. The summed E-state index contributed by atoms with van der Waals surface area (Å²) in [5.74, 6) is 2.88. The first-order valence-electron chi connectivity index (χ1n) is 6.56. The first-order valence-corrected chi connectivity index (χ1v) is 6.56. The normalized spacial score (nSPS) is 10.2. The number of hydrogen-bond donors (Lipinski definition) is 1. The van der Waals surface area contributed by atoms with Crippen LogP contribution in [0.15, 0.2) is 30.3 Å². The van der Waals surface area contributed by atoms with Crippen molar-refractivity contribution in [2.24, 2.45) is 0 Å². The summed E-state index contributed by atoms with van der Waals surface area (Å²) < 4.78 is 10.8. The Morgan fingerprint density at radius 1 is 1.15 bits per heavy atom. The number of hydrogen-bond acceptors (Lipinski definition) is 5. The van der Waals surface area contributed by atoms with Gasteiger partial charge < -0.3 is 14.8 Å². The molecule has 0 saturated carbocycles. The van der Waals surface area contributed by atoms with Crippen molar-refractivity contribution in [1.29, 1.82) is 0 Å². The second-order valence-corrected chi connectivity index (χ2v) is 4.31. The fraction of sp³-hybridized carbons (Fsp3) is 0.333. The number of ether oxygens (including phenoxy) is 2. The molecule has 0 radical (unpaired) electrons. The van der Waals surface area contributed by atoms with E-state index in [1.807, 2.05) is 38.1 Å². The van der Waals surface area contributed by atoms with Crippen LogP contribution in [0.4, 0.5) is 5.82 Å². The van der Waals surface area contributed by atoms with Crippen molar-refractivity contribution in [2.75, 3.05) is 19.0 Å². The van der Waals surface area contributed by atoms with Crippen LogP contribution in [0.1, 0.15) is 18.3 Å². The van der Waals surface area contributed by atoms with Crippen molar-refractivity contribution in [2.45, 2.75) is 20.5 Å². The molecule has 1 aromatic carbocycles. The lowest BCUT2D eigenvalue weighted by Crippen LogP contribution is -2.04. The summed E-state index contributed by atoms with van der Waals surface area (Å²) in [6.07, 6.45) is 0. The van der Waals surface area contributed by atoms with Gasteiger partial charge in [-0.3, -0.25) is 0 Å². The molecule has 0 aliphatic heterocycles. The molecule has 2 aromatic rings.